The van der Waals surface area contributed by atoms with Crippen LogP contribution < -0.4 is 0 Å². The first-order chi connectivity index (χ1) is 7.23. The van der Waals surface area contributed by atoms with Gasteiger partial charge in [-0.2, -0.15) is 13.2 Å². The molecular formula is C10H11ClF3NO. The SMILES string of the molecule is CC(C)C(O)c1cc(C(F)(F)F)cnc1Cl. The monoisotopic (exact) mass is 253 g/mol. The molecule has 0 saturated carbocycles. The quantitative estimate of drug-likeness (QED) is 0.819. The zero-order valence-electron chi connectivity index (χ0n) is 8.72. The fourth-order valence-electron chi connectivity index (χ4n) is 1.19. The van der Waals surface area contributed by atoms with E-state index < -0.39 is 17.8 Å². The van der Waals surface area contributed by atoms with Gasteiger partial charge in [0, 0.05) is 11.8 Å². The standard InChI is InChI=1S/C10H11ClF3NO/c1-5(2)8(16)7-3-6(10(12,13)14)4-15-9(7)11/h3-5,8,16H,1-2H3. The summed E-state index contributed by atoms with van der Waals surface area (Å²) in [6.07, 6.45) is -4.88. The number of aliphatic hydroxyl groups excluding tert-OH is 1. The lowest BCUT2D eigenvalue weighted by Gasteiger charge is -2.17. The number of rotatable bonds is 2. The lowest BCUT2D eigenvalue weighted by Crippen LogP contribution is -2.11. The molecule has 2 nitrogen and oxygen atoms in total. The van der Waals surface area contributed by atoms with Gasteiger partial charge < -0.3 is 5.11 Å². The van der Waals surface area contributed by atoms with Crippen LogP contribution in [-0.4, -0.2) is 10.1 Å². The average Bonchev–Trinajstić information content (AvgIpc) is 2.15. The second kappa shape index (κ2) is 4.59. The summed E-state index contributed by atoms with van der Waals surface area (Å²) in [7, 11) is 0. The summed E-state index contributed by atoms with van der Waals surface area (Å²) < 4.78 is 37.2. The molecule has 0 aliphatic carbocycles. The van der Waals surface area contributed by atoms with Gasteiger partial charge in [0.1, 0.15) is 5.15 Å². The van der Waals surface area contributed by atoms with E-state index in [4.69, 9.17) is 11.6 Å². The maximum absolute atomic E-state index is 12.4. The minimum absolute atomic E-state index is 0.00601. The molecule has 1 unspecified atom stereocenters. The second-order valence-corrected chi connectivity index (χ2v) is 4.15. The molecule has 1 N–H and O–H groups in total. The van der Waals surface area contributed by atoms with Crippen LogP contribution in [0.2, 0.25) is 5.15 Å². The van der Waals surface area contributed by atoms with Gasteiger partial charge in [-0.05, 0) is 12.0 Å². The van der Waals surface area contributed by atoms with Gasteiger partial charge >= 0.3 is 6.18 Å². The molecule has 0 radical (unpaired) electrons. The van der Waals surface area contributed by atoms with E-state index in [-0.39, 0.29) is 16.6 Å². The molecule has 0 aliphatic rings. The van der Waals surface area contributed by atoms with Gasteiger partial charge in [0.05, 0.1) is 11.7 Å². The molecule has 90 valence electrons. The highest BCUT2D eigenvalue weighted by atomic mass is 35.5. The number of pyridine rings is 1. The van der Waals surface area contributed by atoms with E-state index in [1.54, 1.807) is 13.8 Å². The van der Waals surface area contributed by atoms with Gasteiger partial charge in [-0.3, -0.25) is 0 Å². The summed E-state index contributed by atoms with van der Waals surface area (Å²) in [5.41, 5.74) is -0.905. The van der Waals surface area contributed by atoms with Crippen molar-refractivity contribution in [3.05, 3.63) is 28.5 Å². The van der Waals surface area contributed by atoms with Gasteiger partial charge in [0.15, 0.2) is 0 Å². The maximum atomic E-state index is 12.4. The van der Waals surface area contributed by atoms with E-state index in [0.717, 1.165) is 6.07 Å². The summed E-state index contributed by atoms with van der Waals surface area (Å²) in [5.74, 6) is -0.234. The van der Waals surface area contributed by atoms with Crippen molar-refractivity contribution in [2.24, 2.45) is 5.92 Å². The van der Waals surface area contributed by atoms with Gasteiger partial charge in [-0.1, -0.05) is 25.4 Å². The molecule has 0 fully saturated rings. The molecule has 16 heavy (non-hydrogen) atoms. The molecular weight excluding hydrogens is 243 g/mol. The molecule has 0 aromatic carbocycles. The highest BCUT2D eigenvalue weighted by molar-refractivity contribution is 6.30. The fourth-order valence-corrected chi connectivity index (χ4v) is 1.40. The van der Waals surface area contributed by atoms with Crippen molar-refractivity contribution in [1.29, 1.82) is 0 Å². The molecule has 0 aliphatic heterocycles. The first-order valence-electron chi connectivity index (χ1n) is 4.64. The highest BCUT2D eigenvalue weighted by Gasteiger charge is 2.32. The smallest absolute Gasteiger partial charge is 0.388 e. The number of hydrogen-bond acceptors (Lipinski definition) is 2. The van der Waals surface area contributed by atoms with Crippen molar-refractivity contribution < 1.29 is 18.3 Å². The molecule has 0 saturated heterocycles. The van der Waals surface area contributed by atoms with E-state index in [9.17, 15) is 18.3 Å². The summed E-state index contributed by atoms with van der Waals surface area (Å²) >= 11 is 5.65. The number of aromatic nitrogens is 1. The molecule has 0 amide bonds. The Labute approximate surface area is 96.1 Å². The lowest BCUT2D eigenvalue weighted by molar-refractivity contribution is -0.137. The topological polar surface area (TPSA) is 33.1 Å². The number of aliphatic hydroxyl groups is 1. The predicted molar refractivity (Wildman–Crippen MR) is 54.0 cm³/mol. The summed E-state index contributed by atoms with van der Waals surface area (Å²) in [5, 5.41) is 9.57. The number of hydrogen-bond donors (Lipinski definition) is 1. The van der Waals surface area contributed by atoms with Crippen LogP contribution in [0.15, 0.2) is 12.3 Å². The Morgan fingerprint density at radius 3 is 2.38 bits per heavy atom. The minimum atomic E-state index is -4.48. The minimum Gasteiger partial charge on any atom is -0.388 e. The van der Waals surface area contributed by atoms with Crippen LogP contribution in [0, 0.1) is 5.92 Å². The van der Waals surface area contributed by atoms with Crippen molar-refractivity contribution in [2.75, 3.05) is 0 Å². The van der Waals surface area contributed by atoms with Crippen LogP contribution >= 0.6 is 11.6 Å². The van der Waals surface area contributed by atoms with E-state index >= 15 is 0 Å². The molecule has 1 heterocycles. The van der Waals surface area contributed by atoms with E-state index in [1.807, 2.05) is 0 Å². The molecule has 0 bridgehead atoms. The third-order valence-corrected chi connectivity index (χ3v) is 2.46. The Bertz CT molecular complexity index is 379. The Kier molecular flexibility index (Phi) is 3.80. The number of nitrogens with zero attached hydrogens (tertiary/aromatic N) is 1. The van der Waals surface area contributed by atoms with Crippen LogP contribution in [-0.2, 0) is 6.18 Å². The first-order valence-corrected chi connectivity index (χ1v) is 5.02. The highest BCUT2D eigenvalue weighted by Crippen LogP contribution is 2.34. The lowest BCUT2D eigenvalue weighted by atomic mass is 9.99. The van der Waals surface area contributed by atoms with Gasteiger partial charge in [0.2, 0.25) is 0 Å². The van der Waals surface area contributed by atoms with Crippen LogP contribution in [0.3, 0.4) is 0 Å². The Balaban J connectivity index is 3.19. The molecule has 6 heteroatoms. The van der Waals surface area contributed by atoms with Crippen molar-refractivity contribution in [3.8, 4) is 0 Å². The normalized spacial score (nSPS) is 14.2. The third kappa shape index (κ3) is 2.86. The molecule has 1 rings (SSSR count). The van der Waals surface area contributed by atoms with Crippen LogP contribution in [0.4, 0.5) is 13.2 Å². The van der Waals surface area contributed by atoms with Crippen LogP contribution in [0.1, 0.15) is 31.1 Å². The zero-order valence-corrected chi connectivity index (χ0v) is 9.47. The molecule has 1 aromatic rings. The number of alkyl halides is 3. The molecule has 1 atom stereocenters. The maximum Gasteiger partial charge on any atom is 0.417 e. The van der Waals surface area contributed by atoms with E-state index in [0.29, 0.717) is 6.20 Å². The largest absolute Gasteiger partial charge is 0.417 e. The van der Waals surface area contributed by atoms with Crippen molar-refractivity contribution >= 4 is 11.6 Å². The third-order valence-electron chi connectivity index (χ3n) is 2.14. The molecule has 1 aromatic heterocycles. The number of halogens is 4. The van der Waals surface area contributed by atoms with Crippen molar-refractivity contribution in [2.45, 2.75) is 26.1 Å². The predicted octanol–water partition coefficient (Wildman–Crippen LogP) is 3.44. The summed E-state index contributed by atoms with van der Waals surface area (Å²) in [6, 6.07) is 0.833. The average molecular weight is 254 g/mol. The van der Waals surface area contributed by atoms with Crippen LogP contribution in [0.25, 0.3) is 0 Å². The Hall–Kier alpha value is -0.810. The first kappa shape index (κ1) is 13.3. The van der Waals surface area contributed by atoms with E-state index in [1.165, 1.54) is 0 Å². The van der Waals surface area contributed by atoms with Gasteiger partial charge in [-0.25, -0.2) is 4.98 Å². The molecule has 0 spiro atoms. The summed E-state index contributed by atoms with van der Waals surface area (Å²) in [6.45, 7) is 3.36. The van der Waals surface area contributed by atoms with Crippen LogP contribution in [0.5, 0.6) is 0 Å². The van der Waals surface area contributed by atoms with Gasteiger partial charge in [0.25, 0.3) is 0 Å². The van der Waals surface area contributed by atoms with Crippen molar-refractivity contribution in [1.82, 2.24) is 4.98 Å². The van der Waals surface area contributed by atoms with Gasteiger partial charge in [-0.15, -0.1) is 0 Å². The fraction of sp³-hybridized carbons (Fsp3) is 0.500. The Morgan fingerprint density at radius 2 is 1.94 bits per heavy atom. The Morgan fingerprint density at radius 1 is 1.38 bits per heavy atom. The van der Waals surface area contributed by atoms with Crippen molar-refractivity contribution in [3.63, 3.8) is 0 Å². The second-order valence-electron chi connectivity index (χ2n) is 3.79. The van der Waals surface area contributed by atoms with E-state index in [2.05, 4.69) is 4.98 Å². The summed E-state index contributed by atoms with van der Waals surface area (Å²) in [4.78, 5) is 3.43. The zero-order chi connectivity index (χ0) is 12.5.